The van der Waals surface area contributed by atoms with Crippen LogP contribution in [0.4, 0.5) is 0 Å². The first-order valence-electron chi connectivity index (χ1n) is 12.4. The van der Waals surface area contributed by atoms with Gasteiger partial charge in [-0.15, -0.1) is 0 Å². The van der Waals surface area contributed by atoms with E-state index in [1.54, 1.807) is 38.4 Å². The van der Waals surface area contributed by atoms with E-state index < -0.39 is 21.5 Å². The SMILES string of the molecule is CCN(C1(C(=O)NO)CN(C(=O)C(C)C)C1)S(=O)(=O)c1ccc(OCc2cc(C)nc3ccccc23)cc1. The number of sulfonamides is 1. The van der Waals surface area contributed by atoms with Crippen molar-refractivity contribution in [2.75, 3.05) is 19.6 Å². The molecule has 2 amide bonds. The average Bonchev–Trinajstić information content (AvgIpc) is 2.88. The summed E-state index contributed by atoms with van der Waals surface area (Å²) < 4.78 is 34.2. The maximum atomic E-state index is 13.6. The van der Waals surface area contributed by atoms with Gasteiger partial charge < -0.3 is 9.64 Å². The van der Waals surface area contributed by atoms with Crippen LogP contribution in [0, 0.1) is 12.8 Å². The molecule has 3 aromatic rings. The van der Waals surface area contributed by atoms with Crippen molar-refractivity contribution in [1.29, 1.82) is 0 Å². The minimum Gasteiger partial charge on any atom is -0.489 e. The number of pyridine rings is 1. The van der Waals surface area contributed by atoms with Gasteiger partial charge in [0.1, 0.15) is 12.4 Å². The third kappa shape index (κ3) is 4.96. The van der Waals surface area contributed by atoms with Gasteiger partial charge in [0.25, 0.3) is 5.91 Å². The summed E-state index contributed by atoms with van der Waals surface area (Å²) in [4.78, 5) is 31.0. The van der Waals surface area contributed by atoms with Crippen molar-refractivity contribution in [2.45, 2.75) is 44.7 Å². The monoisotopic (exact) mass is 540 g/mol. The van der Waals surface area contributed by atoms with Crippen molar-refractivity contribution < 1.29 is 28.0 Å². The Morgan fingerprint density at radius 2 is 1.82 bits per heavy atom. The van der Waals surface area contributed by atoms with Gasteiger partial charge in [-0.3, -0.25) is 19.8 Å². The molecule has 0 radical (unpaired) electrons. The van der Waals surface area contributed by atoms with Crippen LogP contribution in [0.15, 0.2) is 59.5 Å². The molecule has 0 bridgehead atoms. The van der Waals surface area contributed by atoms with Gasteiger partial charge in [-0.25, -0.2) is 13.9 Å². The molecular formula is C27H32N4O6S. The molecule has 11 heteroatoms. The summed E-state index contributed by atoms with van der Waals surface area (Å²) >= 11 is 0. The Kier molecular flexibility index (Phi) is 7.73. The molecule has 0 unspecified atom stereocenters. The Morgan fingerprint density at radius 1 is 1.16 bits per heavy atom. The van der Waals surface area contributed by atoms with E-state index >= 15 is 0 Å². The second kappa shape index (κ2) is 10.7. The Hall–Kier alpha value is -3.54. The van der Waals surface area contributed by atoms with E-state index in [0.717, 1.165) is 26.5 Å². The predicted octanol–water partition coefficient (Wildman–Crippen LogP) is 2.88. The molecule has 0 aliphatic carbocycles. The predicted molar refractivity (Wildman–Crippen MR) is 141 cm³/mol. The first kappa shape index (κ1) is 27.5. The topological polar surface area (TPSA) is 129 Å². The number of carbonyl (C=O) groups is 2. The highest BCUT2D eigenvalue weighted by molar-refractivity contribution is 7.89. The quantitative estimate of drug-likeness (QED) is 0.315. The lowest BCUT2D eigenvalue weighted by atomic mass is 9.87. The van der Waals surface area contributed by atoms with E-state index in [1.165, 1.54) is 17.0 Å². The lowest BCUT2D eigenvalue weighted by molar-refractivity contribution is -0.159. The molecule has 1 saturated heterocycles. The van der Waals surface area contributed by atoms with Gasteiger partial charge in [-0.05, 0) is 43.3 Å². The van der Waals surface area contributed by atoms with Crippen molar-refractivity contribution in [3.05, 3.63) is 65.9 Å². The molecule has 10 nitrogen and oxygen atoms in total. The van der Waals surface area contributed by atoms with Crippen LogP contribution >= 0.6 is 0 Å². The van der Waals surface area contributed by atoms with Crippen LogP contribution in [-0.4, -0.2) is 64.8 Å². The highest BCUT2D eigenvalue weighted by Crippen LogP contribution is 2.34. The summed E-state index contributed by atoms with van der Waals surface area (Å²) in [7, 11) is -4.15. The van der Waals surface area contributed by atoms with Crippen molar-refractivity contribution in [3.8, 4) is 5.75 Å². The van der Waals surface area contributed by atoms with Gasteiger partial charge in [0.05, 0.1) is 23.5 Å². The minimum atomic E-state index is -4.15. The normalized spacial score (nSPS) is 15.0. The van der Waals surface area contributed by atoms with Crippen LogP contribution < -0.4 is 10.2 Å². The largest absolute Gasteiger partial charge is 0.489 e. The average molecular weight is 541 g/mol. The number of nitrogens with one attached hydrogen (secondary N) is 1. The fraction of sp³-hybridized carbons (Fsp3) is 0.370. The number of nitrogens with zero attached hydrogens (tertiary/aromatic N) is 3. The highest BCUT2D eigenvalue weighted by Gasteiger charge is 2.58. The van der Waals surface area contributed by atoms with Crippen LogP contribution in [-0.2, 0) is 26.2 Å². The number of hydroxylamine groups is 1. The fourth-order valence-corrected chi connectivity index (χ4v) is 6.57. The molecule has 2 aromatic carbocycles. The molecule has 1 aliphatic rings. The molecule has 1 aliphatic heterocycles. The number of aromatic nitrogens is 1. The fourth-order valence-electron chi connectivity index (χ4n) is 4.84. The molecule has 0 spiro atoms. The number of benzene rings is 2. The molecule has 202 valence electrons. The van der Waals surface area contributed by atoms with E-state index in [9.17, 15) is 23.2 Å². The maximum Gasteiger partial charge on any atom is 0.268 e. The second-order valence-corrected chi connectivity index (χ2v) is 11.6. The van der Waals surface area contributed by atoms with Crippen molar-refractivity contribution in [2.24, 2.45) is 5.92 Å². The summed E-state index contributed by atoms with van der Waals surface area (Å²) in [6, 6.07) is 15.7. The number of likely N-dealkylation sites (tertiary alicyclic amines) is 1. The smallest absolute Gasteiger partial charge is 0.268 e. The van der Waals surface area contributed by atoms with Gasteiger partial charge in [-0.1, -0.05) is 39.0 Å². The number of amides is 2. The molecule has 38 heavy (non-hydrogen) atoms. The van der Waals surface area contributed by atoms with Crippen LogP contribution in [0.2, 0.25) is 0 Å². The first-order valence-corrected chi connectivity index (χ1v) is 13.8. The number of fused-ring (bicyclic) bond motifs is 1. The molecule has 1 aromatic heterocycles. The minimum absolute atomic E-state index is 0.0318. The van der Waals surface area contributed by atoms with E-state index in [1.807, 2.05) is 37.3 Å². The second-order valence-electron chi connectivity index (χ2n) is 9.69. The van der Waals surface area contributed by atoms with E-state index in [0.29, 0.717) is 5.75 Å². The molecule has 1 fully saturated rings. The summed E-state index contributed by atoms with van der Waals surface area (Å²) in [6.45, 7) is 6.92. The number of ether oxygens (including phenoxy) is 1. The Morgan fingerprint density at radius 3 is 2.42 bits per heavy atom. The summed E-state index contributed by atoms with van der Waals surface area (Å²) in [5, 5.41) is 10.4. The summed E-state index contributed by atoms with van der Waals surface area (Å²) in [5.74, 6) is -0.904. The van der Waals surface area contributed by atoms with Crippen LogP contribution in [0.5, 0.6) is 5.75 Å². The van der Waals surface area contributed by atoms with Crippen molar-refractivity contribution >= 4 is 32.7 Å². The van der Waals surface area contributed by atoms with Gasteiger partial charge in [-0.2, -0.15) is 4.31 Å². The van der Waals surface area contributed by atoms with E-state index in [4.69, 9.17) is 4.74 Å². The lowest BCUT2D eigenvalue weighted by Gasteiger charge is -2.53. The number of para-hydroxylation sites is 1. The molecule has 2 N–H and O–H groups in total. The zero-order chi connectivity index (χ0) is 27.7. The van der Waals surface area contributed by atoms with Gasteiger partial charge in [0, 0.05) is 29.1 Å². The third-order valence-electron chi connectivity index (χ3n) is 6.74. The molecular weight excluding hydrogens is 508 g/mol. The van der Waals surface area contributed by atoms with Gasteiger partial charge in [0.2, 0.25) is 15.9 Å². The Bertz CT molecular complexity index is 1450. The Balaban J connectivity index is 1.54. The molecule has 0 atom stereocenters. The van der Waals surface area contributed by atoms with E-state index in [2.05, 4.69) is 4.98 Å². The number of rotatable bonds is 9. The van der Waals surface area contributed by atoms with E-state index in [-0.39, 0.29) is 43.0 Å². The zero-order valence-electron chi connectivity index (χ0n) is 21.8. The number of aryl methyl sites for hydroxylation is 1. The molecule has 2 heterocycles. The number of hydrogen-bond acceptors (Lipinski definition) is 7. The summed E-state index contributed by atoms with van der Waals surface area (Å²) in [5.41, 5.74) is 2.68. The van der Waals surface area contributed by atoms with Crippen LogP contribution in [0.25, 0.3) is 10.9 Å². The van der Waals surface area contributed by atoms with Gasteiger partial charge >= 0.3 is 0 Å². The van der Waals surface area contributed by atoms with Crippen LogP contribution in [0.1, 0.15) is 32.0 Å². The van der Waals surface area contributed by atoms with Crippen LogP contribution in [0.3, 0.4) is 0 Å². The van der Waals surface area contributed by atoms with Gasteiger partial charge in [0.15, 0.2) is 5.54 Å². The molecule has 4 rings (SSSR count). The summed E-state index contributed by atoms with van der Waals surface area (Å²) in [6.07, 6.45) is 0. The standard InChI is InChI=1S/C27H32N4O6S/c1-5-31(27(26(33)29-34)16-30(17-27)25(32)18(2)3)38(35,36)22-12-10-21(11-13-22)37-15-20-14-19(4)28-24-9-7-6-8-23(20)24/h6-14,18,34H,5,15-17H2,1-4H3,(H,29,33). The highest BCUT2D eigenvalue weighted by atomic mass is 32.2. The number of hydrogen-bond donors (Lipinski definition) is 2. The van der Waals surface area contributed by atoms with Crippen molar-refractivity contribution in [3.63, 3.8) is 0 Å². The Labute approximate surface area is 222 Å². The van der Waals surface area contributed by atoms with Crippen molar-refractivity contribution in [1.82, 2.24) is 19.7 Å². The third-order valence-corrected chi connectivity index (χ3v) is 8.79. The first-order chi connectivity index (χ1) is 18.0. The zero-order valence-corrected chi connectivity index (χ0v) is 22.7. The number of likely N-dealkylation sites (N-methyl/N-ethyl adjacent to an activating group) is 1. The molecule has 0 saturated carbocycles. The lowest BCUT2D eigenvalue weighted by Crippen LogP contribution is -2.77. The number of carbonyl (C=O) groups excluding carboxylic acids is 2. The maximum absolute atomic E-state index is 13.6.